The van der Waals surface area contributed by atoms with Crippen LogP contribution in [0.15, 0.2) is 42.5 Å². The molecule has 0 spiro atoms. The smallest absolute Gasteiger partial charge is 0.322 e. The maximum atomic E-state index is 12.9. The average molecular weight is 472 g/mol. The van der Waals surface area contributed by atoms with Crippen LogP contribution in [0.1, 0.15) is 30.4 Å². The van der Waals surface area contributed by atoms with Gasteiger partial charge in [-0.15, -0.1) is 0 Å². The number of hydrogen-bond donors (Lipinski definition) is 2. The summed E-state index contributed by atoms with van der Waals surface area (Å²) in [4.78, 5) is 27.3. The Bertz CT molecular complexity index is 1010. The van der Waals surface area contributed by atoms with Gasteiger partial charge in [-0.25, -0.2) is 4.79 Å². The van der Waals surface area contributed by atoms with Crippen molar-refractivity contribution in [3.05, 3.63) is 58.6 Å². The van der Waals surface area contributed by atoms with Gasteiger partial charge in [0.25, 0.3) is 5.91 Å². The van der Waals surface area contributed by atoms with Crippen LogP contribution in [0.5, 0.6) is 11.5 Å². The van der Waals surface area contributed by atoms with Crippen LogP contribution >= 0.6 is 11.6 Å². The van der Waals surface area contributed by atoms with E-state index in [1.54, 1.807) is 14.2 Å². The largest absolute Gasteiger partial charge is 0.493 e. The van der Waals surface area contributed by atoms with Gasteiger partial charge in [-0.3, -0.25) is 15.0 Å². The number of likely N-dealkylation sites (tertiary alicyclic amines) is 1. The molecule has 0 unspecified atom stereocenters. The molecule has 2 aliphatic heterocycles. The second-order valence-electron chi connectivity index (χ2n) is 8.69. The predicted octanol–water partition coefficient (Wildman–Crippen LogP) is 3.78. The van der Waals surface area contributed by atoms with Gasteiger partial charge in [0, 0.05) is 6.54 Å². The molecule has 0 saturated carbocycles. The molecule has 2 aromatic rings. The van der Waals surface area contributed by atoms with Crippen molar-refractivity contribution in [2.75, 3.05) is 27.3 Å². The molecule has 2 heterocycles. The molecule has 1 atom stereocenters. The Kier molecular flexibility index (Phi) is 7.10. The minimum atomic E-state index is -0.861. The van der Waals surface area contributed by atoms with Crippen molar-refractivity contribution in [1.82, 2.24) is 15.5 Å². The highest BCUT2D eigenvalue weighted by molar-refractivity contribution is 6.33. The van der Waals surface area contributed by atoms with E-state index in [-0.39, 0.29) is 11.8 Å². The van der Waals surface area contributed by atoms with Gasteiger partial charge in [0.05, 0.1) is 19.2 Å². The number of methoxy groups -OCH3 is 2. The van der Waals surface area contributed by atoms with Crippen LogP contribution in [-0.2, 0) is 17.8 Å². The zero-order valence-electron chi connectivity index (χ0n) is 19.0. The lowest BCUT2D eigenvalue weighted by Crippen LogP contribution is -2.56. The summed E-state index contributed by atoms with van der Waals surface area (Å²) in [6.07, 6.45) is 2.94. The van der Waals surface area contributed by atoms with Crippen LogP contribution in [-0.4, -0.2) is 49.7 Å². The Balaban J connectivity index is 1.44. The van der Waals surface area contributed by atoms with Crippen molar-refractivity contribution in [2.45, 2.75) is 37.8 Å². The molecule has 2 saturated heterocycles. The quantitative estimate of drug-likeness (QED) is 0.573. The van der Waals surface area contributed by atoms with E-state index in [4.69, 9.17) is 21.1 Å². The standard InChI is InChI=1S/C25H30ClN3O4/c1-32-20-9-8-18(21(26)22(20)33-2)16-29-14-11-19(12-15-29)25(23(30)27-24(31)28-25)13-10-17-6-4-3-5-7-17/h3-9,19H,10-16H2,1-2H3,(H2,27,28,30,31)/t25-/m0/s1. The van der Waals surface area contributed by atoms with E-state index < -0.39 is 11.6 Å². The van der Waals surface area contributed by atoms with Crippen LogP contribution < -0.4 is 20.1 Å². The summed E-state index contributed by atoms with van der Waals surface area (Å²) in [6, 6.07) is 13.5. The summed E-state index contributed by atoms with van der Waals surface area (Å²) in [7, 11) is 3.17. The molecule has 0 radical (unpaired) electrons. The number of piperidine rings is 1. The molecule has 3 amide bonds. The normalized spacial score (nSPS) is 21.5. The van der Waals surface area contributed by atoms with Gasteiger partial charge in [0.15, 0.2) is 11.5 Å². The minimum absolute atomic E-state index is 0.0739. The van der Waals surface area contributed by atoms with Crippen molar-refractivity contribution < 1.29 is 19.1 Å². The Morgan fingerprint density at radius 1 is 1.06 bits per heavy atom. The first-order valence-corrected chi connectivity index (χ1v) is 11.6. The first-order valence-electron chi connectivity index (χ1n) is 11.3. The number of aryl methyl sites for hydroxylation is 1. The number of imide groups is 1. The van der Waals surface area contributed by atoms with Gasteiger partial charge >= 0.3 is 6.03 Å². The number of urea groups is 1. The highest BCUT2D eigenvalue weighted by atomic mass is 35.5. The molecule has 2 fully saturated rings. The molecule has 2 aromatic carbocycles. The van der Waals surface area contributed by atoms with Gasteiger partial charge in [-0.1, -0.05) is 48.0 Å². The van der Waals surface area contributed by atoms with E-state index in [9.17, 15) is 9.59 Å². The lowest BCUT2D eigenvalue weighted by atomic mass is 9.74. The number of rotatable bonds is 8. The third kappa shape index (κ3) is 4.80. The van der Waals surface area contributed by atoms with E-state index in [0.717, 1.165) is 43.5 Å². The molecular weight excluding hydrogens is 442 g/mol. The fraction of sp³-hybridized carbons (Fsp3) is 0.440. The second-order valence-corrected chi connectivity index (χ2v) is 9.07. The average Bonchev–Trinajstić information content (AvgIpc) is 3.13. The summed E-state index contributed by atoms with van der Waals surface area (Å²) in [5, 5.41) is 6.02. The Morgan fingerprint density at radius 3 is 2.39 bits per heavy atom. The van der Waals surface area contributed by atoms with Crippen molar-refractivity contribution in [1.29, 1.82) is 0 Å². The Morgan fingerprint density at radius 2 is 1.79 bits per heavy atom. The molecule has 176 valence electrons. The molecule has 4 rings (SSSR count). The Hall–Kier alpha value is -2.77. The van der Waals surface area contributed by atoms with Crippen LogP contribution in [0, 0.1) is 5.92 Å². The number of halogens is 1. The fourth-order valence-electron chi connectivity index (χ4n) is 5.04. The van der Waals surface area contributed by atoms with Crippen LogP contribution in [0.25, 0.3) is 0 Å². The minimum Gasteiger partial charge on any atom is -0.493 e. The van der Waals surface area contributed by atoms with Crippen molar-refractivity contribution in [3.8, 4) is 11.5 Å². The number of hydrogen-bond acceptors (Lipinski definition) is 5. The number of carbonyl (C=O) groups excluding carboxylic acids is 2. The second kappa shape index (κ2) is 10.0. The maximum absolute atomic E-state index is 12.9. The molecule has 2 aliphatic rings. The van der Waals surface area contributed by atoms with E-state index in [2.05, 4.69) is 27.7 Å². The first kappa shape index (κ1) is 23.4. The van der Waals surface area contributed by atoms with Crippen molar-refractivity contribution in [3.63, 3.8) is 0 Å². The van der Waals surface area contributed by atoms with E-state index >= 15 is 0 Å². The monoisotopic (exact) mass is 471 g/mol. The summed E-state index contributed by atoms with van der Waals surface area (Å²) in [5.74, 6) is 1.01. The van der Waals surface area contributed by atoms with E-state index in [0.29, 0.717) is 29.5 Å². The fourth-order valence-corrected chi connectivity index (χ4v) is 5.33. The summed E-state index contributed by atoms with van der Waals surface area (Å²) in [5.41, 5.74) is 1.27. The topological polar surface area (TPSA) is 79.9 Å². The molecule has 2 N–H and O–H groups in total. The zero-order chi connectivity index (χ0) is 23.4. The number of nitrogens with zero attached hydrogens (tertiary/aromatic N) is 1. The van der Waals surface area contributed by atoms with Gasteiger partial charge < -0.3 is 14.8 Å². The van der Waals surface area contributed by atoms with Crippen molar-refractivity contribution in [2.24, 2.45) is 5.92 Å². The molecule has 33 heavy (non-hydrogen) atoms. The third-order valence-electron chi connectivity index (χ3n) is 6.86. The highest BCUT2D eigenvalue weighted by Crippen LogP contribution is 2.39. The number of benzene rings is 2. The Labute approximate surface area is 199 Å². The highest BCUT2D eigenvalue weighted by Gasteiger charge is 2.51. The molecule has 0 aliphatic carbocycles. The number of ether oxygens (including phenoxy) is 2. The zero-order valence-corrected chi connectivity index (χ0v) is 19.8. The van der Waals surface area contributed by atoms with Crippen molar-refractivity contribution >= 4 is 23.5 Å². The lowest BCUT2D eigenvalue weighted by molar-refractivity contribution is -0.127. The first-order chi connectivity index (χ1) is 16.0. The van der Waals surface area contributed by atoms with Crippen LogP contribution in [0.3, 0.4) is 0 Å². The van der Waals surface area contributed by atoms with Gasteiger partial charge in [-0.2, -0.15) is 0 Å². The predicted molar refractivity (Wildman–Crippen MR) is 127 cm³/mol. The molecule has 8 heteroatoms. The van der Waals surface area contributed by atoms with Gasteiger partial charge in [0.2, 0.25) is 0 Å². The molecule has 0 aromatic heterocycles. The maximum Gasteiger partial charge on any atom is 0.322 e. The molecule has 0 bridgehead atoms. The van der Waals surface area contributed by atoms with Gasteiger partial charge in [-0.05, 0) is 61.9 Å². The number of nitrogens with one attached hydrogen (secondary N) is 2. The molecular formula is C25H30ClN3O4. The summed E-state index contributed by atoms with van der Waals surface area (Å²) < 4.78 is 10.7. The van der Waals surface area contributed by atoms with E-state index in [1.165, 1.54) is 0 Å². The SMILES string of the molecule is COc1ccc(CN2CCC([C@]3(CCc4ccccc4)NC(=O)NC3=O)CC2)c(Cl)c1OC. The lowest BCUT2D eigenvalue weighted by Gasteiger charge is -2.41. The molecule has 7 nitrogen and oxygen atoms in total. The van der Waals surface area contributed by atoms with Gasteiger partial charge in [0.1, 0.15) is 5.54 Å². The number of carbonyl (C=O) groups is 2. The van der Waals surface area contributed by atoms with E-state index in [1.807, 2.05) is 30.3 Å². The number of amides is 3. The summed E-state index contributed by atoms with van der Waals surface area (Å²) >= 11 is 6.57. The van der Waals surface area contributed by atoms with Crippen LogP contribution in [0.4, 0.5) is 4.79 Å². The summed E-state index contributed by atoms with van der Waals surface area (Å²) in [6.45, 7) is 2.30. The third-order valence-corrected chi connectivity index (χ3v) is 7.28. The van der Waals surface area contributed by atoms with Crippen LogP contribution in [0.2, 0.25) is 5.02 Å².